The Bertz CT molecular complexity index is 1340. The summed E-state index contributed by atoms with van der Waals surface area (Å²) in [6.45, 7) is 0. The quantitative estimate of drug-likeness (QED) is 0.391. The molecule has 0 saturated heterocycles. The Labute approximate surface area is 173 Å². The molecule has 2 aromatic heterocycles. The summed E-state index contributed by atoms with van der Waals surface area (Å²) < 4.78 is 0. The van der Waals surface area contributed by atoms with Crippen LogP contribution in [0.15, 0.2) is 58.7 Å². The third-order valence-corrected chi connectivity index (χ3v) is 5.35. The second-order valence-electron chi connectivity index (χ2n) is 6.49. The number of nitrogens with zero attached hydrogens (tertiary/aromatic N) is 1. The predicted octanol–water partition coefficient (Wildman–Crippen LogP) is 3.24. The maximum Gasteiger partial charge on any atom is 0.358 e. The number of carboxylic acid groups (broad SMARTS) is 1. The molecule has 2 aromatic carbocycles. The molecule has 0 radical (unpaired) electrons. The largest absolute Gasteiger partial charge is 0.501 e. The number of aromatic nitrogens is 2. The van der Waals surface area contributed by atoms with Gasteiger partial charge in [-0.3, -0.25) is 9.59 Å². The van der Waals surface area contributed by atoms with Gasteiger partial charge in [-0.2, -0.15) is 0 Å². The molecule has 1 amide bonds. The van der Waals surface area contributed by atoms with Crippen molar-refractivity contribution in [1.82, 2.24) is 9.97 Å². The van der Waals surface area contributed by atoms with Crippen LogP contribution in [0.3, 0.4) is 0 Å². The van der Waals surface area contributed by atoms with E-state index in [0.717, 1.165) is 16.3 Å². The average molecular weight is 421 g/mol. The lowest BCUT2D eigenvalue weighted by atomic mass is 10.0. The third kappa shape index (κ3) is 3.78. The highest BCUT2D eigenvalue weighted by Crippen LogP contribution is 2.31. The predicted molar refractivity (Wildman–Crippen MR) is 113 cm³/mol. The molecule has 30 heavy (non-hydrogen) atoms. The summed E-state index contributed by atoms with van der Waals surface area (Å²) in [5, 5.41) is 25.3. The van der Waals surface area contributed by atoms with Gasteiger partial charge in [0.05, 0.1) is 17.0 Å². The highest BCUT2D eigenvalue weighted by atomic mass is 32.1. The number of carboxylic acids is 1. The fourth-order valence-corrected chi connectivity index (χ4v) is 3.84. The van der Waals surface area contributed by atoms with Crippen molar-refractivity contribution in [3.63, 3.8) is 0 Å². The molecule has 0 fully saturated rings. The second-order valence-corrected chi connectivity index (χ2v) is 7.40. The molecular formula is C21H15N3O5S. The maximum absolute atomic E-state index is 12.6. The van der Waals surface area contributed by atoms with Crippen molar-refractivity contribution < 1.29 is 19.8 Å². The number of hydrogen-bond donors (Lipinski definition) is 4. The standard InChI is InChI=1S/C21H15N3O5S/c25-15(10-11-5-6-12-3-1-2-4-13(12)9-11)22-14-7-8-30-18(14)19-23-16(21(28)29)17(26)20(27)24-19/h1-9,26H,10H2,(H,22,25)(H,28,29)(H,23,24,27). The van der Waals surface area contributed by atoms with Crippen LogP contribution < -0.4 is 10.9 Å². The van der Waals surface area contributed by atoms with E-state index in [1.807, 2.05) is 42.5 Å². The summed E-state index contributed by atoms with van der Waals surface area (Å²) in [5.74, 6) is -2.82. The molecule has 0 aliphatic heterocycles. The topological polar surface area (TPSA) is 132 Å². The fraction of sp³-hybridized carbons (Fsp3) is 0.0476. The van der Waals surface area contributed by atoms with E-state index in [-0.39, 0.29) is 18.2 Å². The Hall–Kier alpha value is -3.98. The van der Waals surface area contributed by atoms with Crippen LogP contribution in [0.1, 0.15) is 16.1 Å². The Morgan fingerprint density at radius 3 is 2.63 bits per heavy atom. The number of carbonyl (C=O) groups is 2. The number of aromatic amines is 1. The van der Waals surface area contributed by atoms with Crippen LogP contribution in [0, 0.1) is 0 Å². The number of H-pyrrole nitrogens is 1. The molecule has 0 bridgehead atoms. The van der Waals surface area contributed by atoms with Crippen molar-refractivity contribution in [1.29, 1.82) is 0 Å². The normalized spacial score (nSPS) is 10.8. The Kier molecular flexibility index (Phi) is 5.03. The molecule has 0 atom stereocenters. The molecule has 8 nitrogen and oxygen atoms in total. The van der Waals surface area contributed by atoms with Crippen molar-refractivity contribution in [3.8, 4) is 16.5 Å². The zero-order chi connectivity index (χ0) is 21.3. The summed E-state index contributed by atoms with van der Waals surface area (Å²) in [7, 11) is 0. The van der Waals surface area contributed by atoms with Gasteiger partial charge in [0.2, 0.25) is 11.7 Å². The first-order valence-corrected chi connectivity index (χ1v) is 9.72. The van der Waals surface area contributed by atoms with Crippen molar-refractivity contribution >= 4 is 39.7 Å². The monoisotopic (exact) mass is 421 g/mol. The number of thiophene rings is 1. The number of anilines is 1. The van der Waals surface area contributed by atoms with Gasteiger partial charge in [-0.05, 0) is 27.8 Å². The number of aromatic carboxylic acids is 1. The summed E-state index contributed by atoms with van der Waals surface area (Å²) in [6, 6.07) is 15.3. The highest BCUT2D eigenvalue weighted by molar-refractivity contribution is 7.14. The zero-order valence-electron chi connectivity index (χ0n) is 15.4. The molecular weight excluding hydrogens is 406 g/mol. The SMILES string of the molecule is O=C(Cc1ccc2ccccc2c1)Nc1ccsc1-c1nc(C(=O)O)c(O)c(=O)[nH]1. The van der Waals surface area contributed by atoms with Gasteiger partial charge in [0, 0.05) is 0 Å². The molecule has 4 N–H and O–H groups in total. The van der Waals surface area contributed by atoms with E-state index < -0.39 is 23.0 Å². The van der Waals surface area contributed by atoms with Crippen LogP contribution in [0.25, 0.3) is 21.5 Å². The lowest BCUT2D eigenvalue weighted by Crippen LogP contribution is -2.17. The van der Waals surface area contributed by atoms with Crippen LogP contribution >= 0.6 is 11.3 Å². The number of rotatable bonds is 5. The molecule has 0 aliphatic rings. The van der Waals surface area contributed by atoms with Crippen LogP contribution in [-0.2, 0) is 11.2 Å². The van der Waals surface area contributed by atoms with E-state index in [4.69, 9.17) is 5.11 Å². The number of aromatic hydroxyl groups is 1. The van der Waals surface area contributed by atoms with Crippen molar-refractivity contribution in [3.05, 3.63) is 75.5 Å². The van der Waals surface area contributed by atoms with Gasteiger partial charge >= 0.3 is 5.97 Å². The minimum atomic E-state index is -1.53. The lowest BCUT2D eigenvalue weighted by molar-refractivity contribution is -0.115. The van der Waals surface area contributed by atoms with Gasteiger partial charge in [-0.1, -0.05) is 42.5 Å². The van der Waals surface area contributed by atoms with Gasteiger partial charge < -0.3 is 20.5 Å². The van der Waals surface area contributed by atoms with E-state index in [2.05, 4.69) is 15.3 Å². The molecule has 4 aromatic rings. The first-order valence-electron chi connectivity index (χ1n) is 8.84. The molecule has 0 saturated carbocycles. The number of fused-ring (bicyclic) bond motifs is 1. The van der Waals surface area contributed by atoms with E-state index in [9.17, 15) is 19.5 Å². The second kappa shape index (κ2) is 7.80. The van der Waals surface area contributed by atoms with E-state index >= 15 is 0 Å². The Morgan fingerprint density at radius 2 is 1.87 bits per heavy atom. The van der Waals surface area contributed by atoms with Gasteiger partial charge in [0.15, 0.2) is 11.5 Å². The number of hydrogen-bond acceptors (Lipinski definition) is 6. The molecule has 2 heterocycles. The Balaban J connectivity index is 1.58. The first kappa shape index (κ1) is 19.3. The Morgan fingerprint density at radius 1 is 1.10 bits per heavy atom. The van der Waals surface area contributed by atoms with Crippen LogP contribution in [0.5, 0.6) is 5.75 Å². The maximum atomic E-state index is 12.6. The van der Waals surface area contributed by atoms with E-state index in [1.165, 1.54) is 11.3 Å². The van der Waals surface area contributed by atoms with Gasteiger partial charge in [0.1, 0.15) is 0 Å². The fourth-order valence-electron chi connectivity index (χ4n) is 3.04. The average Bonchev–Trinajstić information content (AvgIpc) is 3.17. The van der Waals surface area contributed by atoms with Crippen LogP contribution in [0.4, 0.5) is 5.69 Å². The number of amides is 1. The van der Waals surface area contributed by atoms with Crippen LogP contribution in [0.2, 0.25) is 0 Å². The first-order chi connectivity index (χ1) is 14.4. The van der Waals surface area contributed by atoms with E-state index in [0.29, 0.717) is 10.6 Å². The lowest BCUT2D eigenvalue weighted by Gasteiger charge is -2.08. The smallest absolute Gasteiger partial charge is 0.358 e. The molecule has 0 aliphatic carbocycles. The van der Waals surface area contributed by atoms with Crippen molar-refractivity contribution in [2.24, 2.45) is 0 Å². The third-order valence-electron chi connectivity index (χ3n) is 4.43. The van der Waals surface area contributed by atoms with E-state index in [1.54, 1.807) is 11.4 Å². The summed E-state index contributed by atoms with van der Waals surface area (Å²) in [4.78, 5) is 42.2. The van der Waals surface area contributed by atoms with Crippen molar-refractivity contribution in [2.45, 2.75) is 6.42 Å². The molecule has 9 heteroatoms. The van der Waals surface area contributed by atoms with Gasteiger partial charge in [-0.25, -0.2) is 9.78 Å². The summed E-state index contributed by atoms with van der Waals surface area (Å²) in [5.41, 5.74) is -0.502. The summed E-state index contributed by atoms with van der Waals surface area (Å²) in [6.07, 6.45) is 0.139. The van der Waals surface area contributed by atoms with Gasteiger partial charge in [-0.15, -0.1) is 11.3 Å². The van der Waals surface area contributed by atoms with Crippen LogP contribution in [-0.4, -0.2) is 32.1 Å². The number of carbonyl (C=O) groups excluding carboxylic acids is 1. The molecule has 0 unspecified atom stereocenters. The summed E-state index contributed by atoms with van der Waals surface area (Å²) >= 11 is 1.17. The minimum Gasteiger partial charge on any atom is -0.501 e. The van der Waals surface area contributed by atoms with Gasteiger partial charge in [0.25, 0.3) is 5.56 Å². The minimum absolute atomic E-state index is 0.0498. The highest BCUT2D eigenvalue weighted by Gasteiger charge is 2.20. The molecule has 4 rings (SSSR count). The zero-order valence-corrected chi connectivity index (χ0v) is 16.2. The number of benzene rings is 2. The molecule has 150 valence electrons. The molecule has 0 spiro atoms. The van der Waals surface area contributed by atoms with Crippen molar-refractivity contribution in [2.75, 3.05) is 5.32 Å². The number of nitrogens with one attached hydrogen (secondary N) is 2.